The highest BCUT2D eigenvalue weighted by Gasteiger charge is 2.11. The third kappa shape index (κ3) is 7.12. The Hall–Kier alpha value is -0.340. The van der Waals surface area contributed by atoms with Gasteiger partial charge in [-0.05, 0) is 42.5 Å². The summed E-state index contributed by atoms with van der Waals surface area (Å²) in [5.41, 5.74) is 1.46. The van der Waals surface area contributed by atoms with Gasteiger partial charge in [0.2, 0.25) is 0 Å². The highest BCUT2D eigenvalue weighted by molar-refractivity contribution is 9.10. The van der Waals surface area contributed by atoms with E-state index in [4.69, 9.17) is 0 Å². The molecule has 0 bridgehead atoms. The van der Waals surface area contributed by atoms with Crippen LogP contribution in [-0.4, -0.2) is 13.1 Å². The molecule has 0 aliphatic carbocycles. The van der Waals surface area contributed by atoms with Crippen molar-refractivity contribution < 1.29 is 0 Å². The van der Waals surface area contributed by atoms with Crippen LogP contribution in [0.3, 0.4) is 0 Å². The van der Waals surface area contributed by atoms with E-state index in [1.54, 1.807) is 0 Å². The highest BCUT2D eigenvalue weighted by Crippen LogP contribution is 2.24. The lowest BCUT2D eigenvalue weighted by Gasteiger charge is -2.19. The molecule has 0 aliphatic rings. The van der Waals surface area contributed by atoms with Gasteiger partial charge in [0, 0.05) is 11.0 Å². The highest BCUT2D eigenvalue weighted by atomic mass is 79.9. The van der Waals surface area contributed by atoms with Crippen LogP contribution < -0.4 is 5.32 Å². The first-order valence-corrected chi connectivity index (χ1v) is 8.39. The van der Waals surface area contributed by atoms with Crippen molar-refractivity contribution in [2.24, 2.45) is 5.92 Å². The SMILES string of the molecule is CCCCCC(CNCC(C)C)c1cccc(Br)c1. The van der Waals surface area contributed by atoms with Gasteiger partial charge in [-0.15, -0.1) is 0 Å². The molecule has 0 radical (unpaired) electrons. The fraction of sp³-hybridized carbons (Fsp3) is 0.647. The maximum Gasteiger partial charge on any atom is 0.0178 e. The molecule has 1 atom stereocenters. The minimum atomic E-state index is 0.641. The van der Waals surface area contributed by atoms with Crippen molar-refractivity contribution in [2.75, 3.05) is 13.1 Å². The maximum atomic E-state index is 3.61. The Morgan fingerprint density at radius 1 is 1.16 bits per heavy atom. The van der Waals surface area contributed by atoms with Gasteiger partial charge in [0.15, 0.2) is 0 Å². The Morgan fingerprint density at radius 3 is 2.58 bits per heavy atom. The Balaban J connectivity index is 2.57. The molecule has 0 fully saturated rings. The van der Waals surface area contributed by atoms with E-state index in [-0.39, 0.29) is 0 Å². The van der Waals surface area contributed by atoms with Crippen LogP contribution in [0.4, 0.5) is 0 Å². The second-order valence-corrected chi connectivity index (χ2v) is 6.72. The number of nitrogens with one attached hydrogen (secondary N) is 1. The Kier molecular flexibility index (Phi) is 8.40. The molecule has 1 unspecified atom stereocenters. The van der Waals surface area contributed by atoms with E-state index in [9.17, 15) is 0 Å². The topological polar surface area (TPSA) is 12.0 Å². The lowest BCUT2D eigenvalue weighted by molar-refractivity contribution is 0.486. The van der Waals surface area contributed by atoms with Gasteiger partial charge in [0.1, 0.15) is 0 Å². The summed E-state index contributed by atoms with van der Waals surface area (Å²) in [4.78, 5) is 0. The van der Waals surface area contributed by atoms with E-state index in [2.05, 4.69) is 66.3 Å². The Morgan fingerprint density at radius 2 is 1.95 bits per heavy atom. The normalized spacial score (nSPS) is 12.9. The van der Waals surface area contributed by atoms with Gasteiger partial charge in [-0.3, -0.25) is 0 Å². The summed E-state index contributed by atoms with van der Waals surface area (Å²) < 4.78 is 1.19. The molecule has 1 nitrogen and oxygen atoms in total. The van der Waals surface area contributed by atoms with Gasteiger partial charge in [-0.1, -0.05) is 68.1 Å². The summed E-state index contributed by atoms with van der Waals surface area (Å²) in [5, 5.41) is 3.61. The summed E-state index contributed by atoms with van der Waals surface area (Å²) in [7, 11) is 0. The second kappa shape index (κ2) is 9.55. The molecule has 1 N–H and O–H groups in total. The van der Waals surface area contributed by atoms with Crippen molar-refractivity contribution in [3.05, 3.63) is 34.3 Å². The summed E-state index contributed by atoms with van der Waals surface area (Å²) in [6.07, 6.45) is 5.26. The molecule has 1 rings (SSSR count). The molecule has 1 aromatic rings. The van der Waals surface area contributed by atoms with Crippen LogP contribution in [0.15, 0.2) is 28.7 Å². The fourth-order valence-electron chi connectivity index (χ4n) is 2.33. The van der Waals surface area contributed by atoms with Crippen LogP contribution in [0.1, 0.15) is 57.9 Å². The first-order valence-electron chi connectivity index (χ1n) is 7.59. The van der Waals surface area contributed by atoms with E-state index in [1.807, 2.05) is 0 Å². The second-order valence-electron chi connectivity index (χ2n) is 5.80. The van der Waals surface area contributed by atoms with Crippen molar-refractivity contribution in [1.82, 2.24) is 5.32 Å². The number of hydrogen-bond acceptors (Lipinski definition) is 1. The van der Waals surface area contributed by atoms with Gasteiger partial charge in [0.05, 0.1) is 0 Å². The maximum absolute atomic E-state index is 3.61. The minimum Gasteiger partial charge on any atom is -0.316 e. The molecule has 0 spiro atoms. The third-order valence-electron chi connectivity index (χ3n) is 3.42. The van der Waals surface area contributed by atoms with Crippen LogP contribution in [0.5, 0.6) is 0 Å². The van der Waals surface area contributed by atoms with Crippen molar-refractivity contribution in [1.29, 1.82) is 0 Å². The zero-order valence-corrected chi connectivity index (χ0v) is 14.2. The van der Waals surface area contributed by atoms with Crippen molar-refractivity contribution in [3.8, 4) is 0 Å². The number of unbranched alkanes of at least 4 members (excludes halogenated alkanes) is 2. The van der Waals surface area contributed by atoms with Gasteiger partial charge in [-0.2, -0.15) is 0 Å². The molecular weight excluding hydrogens is 298 g/mol. The Bertz CT molecular complexity index is 349. The van der Waals surface area contributed by atoms with Gasteiger partial charge in [-0.25, -0.2) is 0 Å². The molecule has 108 valence electrons. The lowest BCUT2D eigenvalue weighted by Crippen LogP contribution is -2.25. The largest absolute Gasteiger partial charge is 0.316 e. The van der Waals surface area contributed by atoms with Crippen molar-refractivity contribution >= 4 is 15.9 Å². The van der Waals surface area contributed by atoms with Crippen LogP contribution in [-0.2, 0) is 0 Å². The first-order chi connectivity index (χ1) is 9.13. The van der Waals surface area contributed by atoms with Gasteiger partial charge >= 0.3 is 0 Å². The molecule has 0 heterocycles. The fourth-order valence-corrected chi connectivity index (χ4v) is 2.75. The van der Waals surface area contributed by atoms with Crippen molar-refractivity contribution in [2.45, 2.75) is 52.4 Å². The minimum absolute atomic E-state index is 0.641. The molecule has 2 heteroatoms. The molecule has 19 heavy (non-hydrogen) atoms. The zero-order chi connectivity index (χ0) is 14.1. The van der Waals surface area contributed by atoms with E-state index in [0.29, 0.717) is 5.92 Å². The summed E-state index contributed by atoms with van der Waals surface area (Å²) in [6, 6.07) is 8.79. The van der Waals surface area contributed by atoms with Gasteiger partial charge in [0.25, 0.3) is 0 Å². The van der Waals surface area contributed by atoms with E-state index in [0.717, 1.165) is 19.0 Å². The lowest BCUT2D eigenvalue weighted by atomic mass is 9.93. The monoisotopic (exact) mass is 325 g/mol. The van der Waals surface area contributed by atoms with Crippen LogP contribution in [0, 0.1) is 5.92 Å². The summed E-state index contributed by atoms with van der Waals surface area (Å²) in [5.74, 6) is 1.36. The number of hydrogen-bond donors (Lipinski definition) is 1. The number of halogens is 1. The van der Waals surface area contributed by atoms with Crippen LogP contribution >= 0.6 is 15.9 Å². The summed E-state index contributed by atoms with van der Waals surface area (Å²) in [6.45, 7) is 9.00. The zero-order valence-electron chi connectivity index (χ0n) is 12.6. The predicted molar refractivity (Wildman–Crippen MR) is 88.7 cm³/mol. The number of rotatable bonds is 9. The summed E-state index contributed by atoms with van der Waals surface area (Å²) >= 11 is 3.58. The standard InChI is InChI=1S/C17H28BrN/c1-4-5-6-8-16(13-19-12-14(2)3)15-9-7-10-17(18)11-15/h7,9-11,14,16,19H,4-6,8,12-13H2,1-3H3. The van der Waals surface area contributed by atoms with Crippen LogP contribution in [0.2, 0.25) is 0 Å². The smallest absolute Gasteiger partial charge is 0.0178 e. The van der Waals surface area contributed by atoms with Gasteiger partial charge < -0.3 is 5.32 Å². The van der Waals surface area contributed by atoms with E-state index >= 15 is 0 Å². The third-order valence-corrected chi connectivity index (χ3v) is 3.91. The number of benzene rings is 1. The molecule has 0 amide bonds. The molecular formula is C17H28BrN. The van der Waals surface area contributed by atoms with E-state index in [1.165, 1.54) is 35.7 Å². The average molecular weight is 326 g/mol. The van der Waals surface area contributed by atoms with E-state index < -0.39 is 0 Å². The van der Waals surface area contributed by atoms with Crippen molar-refractivity contribution in [3.63, 3.8) is 0 Å². The van der Waals surface area contributed by atoms with Crippen LogP contribution in [0.25, 0.3) is 0 Å². The quantitative estimate of drug-likeness (QED) is 0.603. The predicted octanol–water partition coefficient (Wildman–Crippen LogP) is 5.36. The molecule has 0 saturated heterocycles. The molecule has 1 aromatic carbocycles. The average Bonchev–Trinajstić information content (AvgIpc) is 2.37. The molecule has 0 aliphatic heterocycles. The molecule has 0 saturated carbocycles. The Labute approximate surface area is 127 Å². The molecule has 0 aromatic heterocycles. The first kappa shape index (κ1) is 16.7.